The number of amides is 1. The standard InChI is InChI=1S/C19H28N2O4S/c1-14-12-21(13-15(2)25-14)26(23,24)18-10-8-16(9-11-18)19(22)20(3)17-6-4-5-7-17/h8-11,14-15,17H,4-7,12-13H2,1-3H3. The Morgan fingerprint density at radius 2 is 1.62 bits per heavy atom. The summed E-state index contributed by atoms with van der Waals surface area (Å²) < 4.78 is 32.8. The summed E-state index contributed by atoms with van der Waals surface area (Å²) in [7, 11) is -1.74. The Bertz CT molecular complexity index is 731. The largest absolute Gasteiger partial charge is 0.373 e. The molecule has 0 N–H and O–H groups in total. The van der Waals surface area contributed by atoms with Crippen LogP contribution < -0.4 is 0 Å². The minimum Gasteiger partial charge on any atom is -0.373 e. The van der Waals surface area contributed by atoms with Gasteiger partial charge in [-0.05, 0) is 51.0 Å². The lowest BCUT2D eigenvalue weighted by atomic mass is 10.1. The smallest absolute Gasteiger partial charge is 0.253 e. The van der Waals surface area contributed by atoms with E-state index in [2.05, 4.69) is 0 Å². The van der Waals surface area contributed by atoms with Crippen molar-refractivity contribution in [2.45, 2.75) is 62.7 Å². The molecular formula is C19H28N2O4S. The second kappa shape index (κ2) is 7.66. The van der Waals surface area contributed by atoms with Gasteiger partial charge in [0, 0.05) is 31.7 Å². The second-order valence-electron chi connectivity index (χ2n) is 7.46. The summed E-state index contributed by atoms with van der Waals surface area (Å²) in [5.74, 6) is -0.0468. The lowest BCUT2D eigenvalue weighted by molar-refractivity contribution is -0.0440. The Balaban J connectivity index is 1.75. The van der Waals surface area contributed by atoms with Crippen molar-refractivity contribution in [3.8, 4) is 0 Å². The maximum atomic E-state index is 12.9. The molecule has 1 heterocycles. The van der Waals surface area contributed by atoms with E-state index >= 15 is 0 Å². The molecule has 2 unspecified atom stereocenters. The van der Waals surface area contributed by atoms with E-state index in [0.717, 1.165) is 25.7 Å². The maximum Gasteiger partial charge on any atom is 0.253 e. The molecule has 1 aromatic carbocycles. The Morgan fingerprint density at radius 1 is 1.08 bits per heavy atom. The highest BCUT2D eigenvalue weighted by molar-refractivity contribution is 7.89. The van der Waals surface area contributed by atoms with Gasteiger partial charge in [0.05, 0.1) is 17.1 Å². The molecule has 0 radical (unpaired) electrons. The lowest BCUT2D eigenvalue weighted by Crippen LogP contribution is -2.48. The number of hydrogen-bond donors (Lipinski definition) is 0. The number of carbonyl (C=O) groups excluding carboxylic acids is 1. The van der Waals surface area contributed by atoms with Crippen LogP contribution >= 0.6 is 0 Å². The zero-order valence-corrected chi connectivity index (χ0v) is 16.5. The third-order valence-corrected chi connectivity index (χ3v) is 7.16. The molecular weight excluding hydrogens is 352 g/mol. The van der Waals surface area contributed by atoms with Gasteiger partial charge in [0.2, 0.25) is 10.0 Å². The Kier molecular flexibility index (Phi) is 5.69. The topological polar surface area (TPSA) is 66.9 Å². The Hall–Kier alpha value is -1.44. The molecule has 1 aromatic rings. The fourth-order valence-corrected chi connectivity index (χ4v) is 5.50. The summed E-state index contributed by atoms with van der Waals surface area (Å²) in [6, 6.07) is 6.61. The van der Waals surface area contributed by atoms with Gasteiger partial charge in [-0.15, -0.1) is 0 Å². The van der Waals surface area contributed by atoms with Crippen molar-refractivity contribution >= 4 is 15.9 Å². The summed E-state index contributed by atoms with van der Waals surface area (Å²) in [4.78, 5) is 14.6. The summed E-state index contributed by atoms with van der Waals surface area (Å²) in [6.07, 6.45) is 4.15. The highest BCUT2D eigenvalue weighted by Gasteiger charge is 2.32. The highest BCUT2D eigenvalue weighted by atomic mass is 32.2. The molecule has 1 aliphatic carbocycles. The molecule has 3 rings (SSSR count). The molecule has 2 atom stereocenters. The minimum absolute atomic E-state index is 0.0468. The molecule has 2 aliphatic rings. The third-order valence-electron chi connectivity index (χ3n) is 5.32. The average Bonchev–Trinajstić information content (AvgIpc) is 3.14. The zero-order chi connectivity index (χ0) is 18.9. The van der Waals surface area contributed by atoms with Gasteiger partial charge in [0.1, 0.15) is 0 Å². The SMILES string of the molecule is CC1CN(S(=O)(=O)c2ccc(C(=O)N(C)C3CCCC3)cc2)CC(C)O1. The molecule has 0 spiro atoms. The van der Waals surface area contributed by atoms with Crippen LogP contribution in [0.4, 0.5) is 0 Å². The average molecular weight is 381 g/mol. The van der Waals surface area contributed by atoms with Crippen LogP contribution in [0.25, 0.3) is 0 Å². The van der Waals surface area contributed by atoms with Crippen LogP contribution in [0.15, 0.2) is 29.2 Å². The van der Waals surface area contributed by atoms with Crippen LogP contribution in [0.3, 0.4) is 0 Å². The first-order valence-electron chi connectivity index (χ1n) is 9.32. The normalized spacial score (nSPS) is 25.3. The van der Waals surface area contributed by atoms with Gasteiger partial charge >= 0.3 is 0 Å². The first kappa shape index (κ1) is 19.3. The van der Waals surface area contributed by atoms with Gasteiger partial charge in [-0.25, -0.2) is 8.42 Å². The molecule has 6 nitrogen and oxygen atoms in total. The predicted molar refractivity (Wildman–Crippen MR) is 99.6 cm³/mol. The van der Waals surface area contributed by atoms with Crippen molar-refractivity contribution in [2.24, 2.45) is 0 Å². The molecule has 2 fully saturated rings. The quantitative estimate of drug-likeness (QED) is 0.805. The van der Waals surface area contributed by atoms with Gasteiger partial charge in [-0.3, -0.25) is 4.79 Å². The number of morpholine rings is 1. The highest BCUT2D eigenvalue weighted by Crippen LogP contribution is 2.25. The van der Waals surface area contributed by atoms with Crippen LogP contribution in [0.5, 0.6) is 0 Å². The fourth-order valence-electron chi connectivity index (χ4n) is 3.91. The molecule has 1 aliphatic heterocycles. The lowest BCUT2D eigenvalue weighted by Gasteiger charge is -2.34. The molecule has 0 bridgehead atoms. The van der Waals surface area contributed by atoms with Crippen molar-refractivity contribution in [3.63, 3.8) is 0 Å². The van der Waals surface area contributed by atoms with Crippen LogP contribution in [-0.2, 0) is 14.8 Å². The number of benzene rings is 1. The molecule has 1 saturated carbocycles. The maximum absolute atomic E-state index is 12.9. The van der Waals surface area contributed by atoms with Gasteiger partial charge < -0.3 is 9.64 Å². The molecule has 26 heavy (non-hydrogen) atoms. The second-order valence-corrected chi connectivity index (χ2v) is 9.40. The van der Waals surface area contributed by atoms with E-state index in [1.807, 2.05) is 20.9 Å². The van der Waals surface area contributed by atoms with Crippen molar-refractivity contribution in [3.05, 3.63) is 29.8 Å². The third kappa shape index (κ3) is 3.94. The zero-order valence-electron chi connectivity index (χ0n) is 15.7. The number of carbonyl (C=O) groups is 1. The van der Waals surface area contributed by atoms with E-state index in [-0.39, 0.29) is 23.0 Å². The number of sulfonamides is 1. The van der Waals surface area contributed by atoms with Gasteiger partial charge in [0.15, 0.2) is 0 Å². The van der Waals surface area contributed by atoms with Crippen LogP contribution in [0.2, 0.25) is 0 Å². The van der Waals surface area contributed by atoms with E-state index in [0.29, 0.717) is 24.7 Å². The van der Waals surface area contributed by atoms with Gasteiger partial charge in [-0.2, -0.15) is 4.31 Å². The van der Waals surface area contributed by atoms with Crippen LogP contribution in [-0.4, -0.2) is 61.9 Å². The first-order valence-corrected chi connectivity index (χ1v) is 10.8. The summed E-state index contributed by atoms with van der Waals surface area (Å²) in [5, 5.41) is 0. The molecule has 144 valence electrons. The summed E-state index contributed by atoms with van der Waals surface area (Å²) >= 11 is 0. The molecule has 7 heteroatoms. The monoisotopic (exact) mass is 380 g/mol. The Morgan fingerprint density at radius 3 is 2.15 bits per heavy atom. The van der Waals surface area contributed by atoms with E-state index in [1.165, 1.54) is 16.4 Å². The molecule has 1 amide bonds. The fraction of sp³-hybridized carbons (Fsp3) is 0.632. The van der Waals surface area contributed by atoms with Crippen molar-refractivity contribution in [1.29, 1.82) is 0 Å². The van der Waals surface area contributed by atoms with E-state index in [4.69, 9.17) is 4.74 Å². The van der Waals surface area contributed by atoms with Crippen LogP contribution in [0.1, 0.15) is 49.9 Å². The summed E-state index contributed by atoms with van der Waals surface area (Å²) in [6.45, 7) is 4.44. The van der Waals surface area contributed by atoms with Gasteiger partial charge in [0.25, 0.3) is 5.91 Å². The number of rotatable bonds is 4. The molecule has 1 saturated heterocycles. The van der Waals surface area contributed by atoms with E-state index in [9.17, 15) is 13.2 Å². The first-order chi connectivity index (χ1) is 12.3. The Labute approximate surface area is 156 Å². The predicted octanol–water partition coefficient (Wildman–Crippen LogP) is 2.50. The van der Waals surface area contributed by atoms with Crippen LogP contribution in [0, 0.1) is 0 Å². The summed E-state index contributed by atoms with van der Waals surface area (Å²) in [5.41, 5.74) is 0.530. The van der Waals surface area contributed by atoms with Gasteiger partial charge in [-0.1, -0.05) is 12.8 Å². The minimum atomic E-state index is -3.58. The number of ether oxygens (including phenoxy) is 1. The van der Waals surface area contributed by atoms with Crippen molar-refractivity contribution < 1.29 is 17.9 Å². The number of nitrogens with zero attached hydrogens (tertiary/aromatic N) is 2. The van der Waals surface area contributed by atoms with Crippen molar-refractivity contribution in [2.75, 3.05) is 20.1 Å². The molecule has 0 aromatic heterocycles. The van der Waals surface area contributed by atoms with E-state index < -0.39 is 10.0 Å². The van der Waals surface area contributed by atoms with E-state index in [1.54, 1.807) is 17.0 Å². The number of hydrogen-bond acceptors (Lipinski definition) is 4. The van der Waals surface area contributed by atoms with Crippen molar-refractivity contribution in [1.82, 2.24) is 9.21 Å².